The van der Waals surface area contributed by atoms with E-state index in [1.54, 1.807) is 43.3 Å². The van der Waals surface area contributed by atoms with E-state index in [1.807, 2.05) is 57.2 Å². The molecule has 3 aromatic rings. The van der Waals surface area contributed by atoms with E-state index < -0.39 is 6.16 Å². The Morgan fingerprint density at radius 2 is 0.900 bits per heavy atom. The van der Waals surface area contributed by atoms with Gasteiger partial charge in [0.05, 0.1) is 18.4 Å². The average molecular weight is 971 g/mol. The Bertz CT molecular complexity index is 1870. The lowest BCUT2D eigenvalue weighted by Crippen LogP contribution is -2.58. The molecule has 9 nitrogen and oxygen atoms in total. The third kappa shape index (κ3) is 18.9. The molecule has 4 bridgehead atoms. The Morgan fingerprint density at radius 3 is 1.26 bits per heavy atom. The van der Waals surface area contributed by atoms with Crippen LogP contribution in [0.1, 0.15) is 221 Å². The van der Waals surface area contributed by atoms with Crippen molar-refractivity contribution in [1.29, 1.82) is 0 Å². The van der Waals surface area contributed by atoms with Gasteiger partial charge in [-0.05, 0) is 205 Å². The first-order valence-electron chi connectivity index (χ1n) is 27.2. The summed E-state index contributed by atoms with van der Waals surface area (Å²) in [5, 5.41) is 18.0. The first-order chi connectivity index (χ1) is 33.2. The summed E-state index contributed by atoms with van der Waals surface area (Å²) in [5.74, 6) is 6.19. The smallest absolute Gasteiger partial charge is 0.508 e. The molecular formula is C61H94O9. The zero-order valence-electron chi connectivity index (χ0n) is 45.7. The van der Waals surface area contributed by atoms with Gasteiger partial charge in [-0.3, -0.25) is 9.59 Å². The van der Waals surface area contributed by atoms with Crippen LogP contribution in [0.25, 0.3) is 0 Å². The van der Waals surface area contributed by atoms with Crippen LogP contribution in [-0.2, 0) is 23.8 Å². The molecule has 5 saturated carbocycles. The average Bonchev–Trinajstić information content (AvgIpc) is 3.35. The Balaban J connectivity index is 0.000000235. The highest BCUT2D eigenvalue weighted by Crippen LogP contribution is 2.59. The van der Waals surface area contributed by atoms with Gasteiger partial charge in [0, 0.05) is 0 Å². The van der Waals surface area contributed by atoms with E-state index in [0.29, 0.717) is 53.4 Å². The monoisotopic (exact) mass is 971 g/mol. The van der Waals surface area contributed by atoms with E-state index in [0.717, 1.165) is 56.8 Å². The van der Waals surface area contributed by atoms with Crippen LogP contribution in [0.15, 0.2) is 72.8 Å². The summed E-state index contributed by atoms with van der Waals surface area (Å²) >= 11 is 0. The summed E-state index contributed by atoms with van der Waals surface area (Å²) in [6.07, 6.45) is 16.9. The molecule has 0 spiro atoms. The largest absolute Gasteiger partial charge is 0.513 e. The van der Waals surface area contributed by atoms with Crippen LogP contribution in [0.2, 0.25) is 0 Å². The lowest BCUT2D eigenvalue weighted by atomic mass is 9.50. The molecule has 5 aliphatic carbocycles. The van der Waals surface area contributed by atoms with Crippen molar-refractivity contribution in [2.24, 2.45) is 35.5 Å². The molecule has 392 valence electrons. The summed E-state index contributed by atoms with van der Waals surface area (Å²) in [4.78, 5) is 34.8. The Labute approximate surface area is 424 Å². The fourth-order valence-corrected chi connectivity index (χ4v) is 10.1. The molecule has 0 heterocycles. The minimum Gasteiger partial charge on any atom is -0.508 e. The number of hydrogen-bond acceptors (Lipinski definition) is 9. The molecule has 9 heteroatoms. The molecule has 5 fully saturated rings. The van der Waals surface area contributed by atoms with Gasteiger partial charge >= 0.3 is 18.1 Å². The molecule has 70 heavy (non-hydrogen) atoms. The van der Waals surface area contributed by atoms with Crippen LogP contribution in [-0.4, -0.2) is 46.1 Å². The van der Waals surface area contributed by atoms with Crippen molar-refractivity contribution in [1.82, 2.24) is 0 Å². The molecule has 0 amide bonds. The number of carbonyl (C=O) groups is 3. The first-order valence-corrected chi connectivity index (χ1v) is 27.2. The van der Waals surface area contributed by atoms with Crippen LogP contribution in [0, 0.1) is 35.5 Å². The van der Waals surface area contributed by atoms with Crippen molar-refractivity contribution < 1.29 is 43.5 Å². The number of hydrogen-bond donors (Lipinski definition) is 2. The maximum absolute atomic E-state index is 12.1. The number of aromatic hydroxyl groups is 2. The van der Waals surface area contributed by atoms with Crippen LogP contribution in [0.5, 0.6) is 17.2 Å². The van der Waals surface area contributed by atoms with Gasteiger partial charge in [0.25, 0.3) is 0 Å². The number of carbonyl (C=O) groups excluding carboxylic acids is 3. The van der Waals surface area contributed by atoms with Crippen molar-refractivity contribution in [3.63, 3.8) is 0 Å². The molecule has 8 rings (SSSR count). The molecule has 0 radical (unpaired) electrons. The molecule has 5 unspecified atom stereocenters. The van der Waals surface area contributed by atoms with E-state index in [-0.39, 0.29) is 35.0 Å². The van der Waals surface area contributed by atoms with Crippen LogP contribution in [0.4, 0.5) is 4.79 Å². The summed E-state index contributed by atoms with van der Waals surface area (Å²) in [6, 6.07) is 22.4. The lowest BCUT2D eigenvalue weighted by molar-refractivity contribution is -0.206. The SMILES string of the molecule is CCC(C)C(=O)OC1(C)C2CC3CC(C2)CC1C3.CCC(C)C(=O)OC1(C)CCCCC1.CCC(C)c1ccc(O)cc1.CCC(C)c1ccc(O)cc1.CCOC(=O)Oc1ccc(C(C)CC)cc1. The van der Waals surface area contributed by atoms with Crippen molar-refractivity contribution in [2.75, 3.05) is 6.61 Å². The van der Waals surface area contributed by atoms with Gasteiger partial charge in [-0.15, -0.1) is 0 Å². The highest BCUT2D eigenvalue weighted by atomic mass is 16.7. The maximum Gasteiger partial charge on any atom is 0.513 e. The summed E-state index contributed by atoms with van der Waals surface area (Å²) in [7, 11) is 0. The molecule has 0 saturated heterocycles. The second-order valence-electron chi connectivity index (χ2n) is 21.4. The van der Waals surface area contributed by atoms with E-state index >= 15 is 0 Å². The number of esters is 2. The normalized spacial score (nSPS) is 23.4. The van der Waals surface area contributed by atoms with Gasteiger partial charge in [0.1, 0.15) is 28.5 Å². The van der Waals surface area contributed by atoms with Crippen molar-refractivity contribution >= 4 is 18.1 Å². The quantitative estimate of drug-likeness (QED) is 0.0922. The maximum atomic E-state index is 12.1. The van der Waals surface area contributed by atoms with Crippen molar-refractivity contribution in [3.05, 3.63) is 89.5 Å². The molecule has 3 aromatic carbocycles. The molecular weight excluding hydrogens is 877 g/mol. The first kappa shape index (κ1) is 59.8. The Kier molecular flexibility index (Phi) is 25.4. The zero-order valence-corrected chi connectivity index (χ0v) is 45.7. The van der Waals surface area contributed by atoms with Crippen molar-refractivity contribution in [2.45, 2.75) is 215 Å². The third-order valence-corrected chi connectivity index (χ3v) is 16.0. The van der Waals surface area contributed by atoms with E-state index in [2.05, 4.69) is 67.1 Å². The number of rotatable bonds is 14. The molecule has 0 aromatic heterocycles. The van der Waals surface area contributed by atoms with E-state index in [9.17, 15) is 14.4 Å². The predicted octanol–water partition coefficient (Wildman–Crippen LogP) is 16.6. The minimum absolute atomic E-state index is 0.0168. The van der Waals surface area contributed by atoms with Crippen molar-refractivity contribution in [3.8, 4) is 17.2 Å². The Morgan fingerprint density at radius 1 is 0.529 bits per heavy atom. The Hall–Kier alpha value is -4.53. The third-order valence-electron chi connectivity index (χ3n) is 16.0. The van der Waals surface area contributed by atoms with Crippen LogP contribution in [0.3, 0.4) is 0 Å². The summed E-state index contributed by atoms with van der Waals surface area (Å²) in [5.41, 5.74) is 3.53. The number of benzene rings is 3. The lowest BCUT2D eigenvalue weighted by Gasteiger charge is -2.59. The van der Waals surface area contributed by atoms with Gasteiger partial charge in [0.15, 0.2) is 0 Å². The highest BCUT2D eigenvalue weighted by molar-refractivity contribution is 5.73. The second kappa shape index (κ2) is 29.7. The molecule has 5 atom stereocenters. The fraction of sp³-hybridized carbons (Fsp3) is 0.656. The predicted molar refractivity (Wildman–Crippen MR) is 284 cm³/mol. The van der Waals surface area contributed by atoms with Crippen LogP contribution >= 0.6 is 0 Å². The molecule has 5 aliphatic rings. The molecule has 2 N–H and O–H groups in total. The summed E-state index contributed by atoms with van der Waals surface area (Å²) < 4.78 is 21.3. The van der Waals surface area contributed by atoms with Gasteiger partial charge in [-0.2, -0.15) is 0 Å². The topological polar surface area (TPSA) is 129 Å². The van der Waals surface area contributed by atoms with Gasteiger partial charge in [-0.1, -0.05) is 112 Å². The highest BCUT2D eigenvalue weighted by Gasteiger charge is 2.57. The zero-order chi connectivity index (χ0) is 52.0. The molecule has 0 aliphatic heterocycles. The standard InChI is InChI=1S/C16H26O2.C13H18O3.C12H22O2.2C10H14O/c1-4-10(2)15(17)18-16(3)13-6-11-5-12(8-13)9-14(16)7-11;1-4-10(3)11-6-8-12(9-7-11)16-13(14)15-5-2;1-4-10(2)11(13)14-12(3)8-6-5-7-9-12;2*1-3-8(2)9-4-6-10(11)7-5-9/h10-14H,4-9H2,1-3H3;6-10H,4-5H2,1-3H3;10H,4-9H2,1-3H3;2*4-8,11H,3H2,1-2H3. The van der Waals surface area contributed by atoms with E-state index in [4.69, 9.17) is 24.4 Å². The number of phenolic OH excluding ortho intramolecular Hbond substituents is 2. The van der Waals surface area contributed by atoms with Gasteiger partial charge in [-0.25, -0.2) is 4.79 Å². The second-order valence-corrected chi connectivity index (χ2v) is 21.4. The van der Waals surface area contributed by atoms with Gasteiger partial charge < -0.3 is 29.2 Å². The fourth-order valence-electron chi connectivity index (χ4n) is 10.1. The van der Waals surface area contributed by atoms with E-state index in [1.165, 1.54) is 68.1 Å². The van der Waals surface area contributed by atoms with Gasteiger partial charge in [0.2, 0.25) is 0 Å². The number of ether oxygens (including phenoxy) is 4. The number of phenols is 2. The summed E-state index contributed by atoms with van der Waals surface area (Å²) in [6.45, 7) is 27.4. The van der Waals surface area contributed by atoms with Crippen LogP contribution < -0.4 is 4.74 Å². The minimum atomic E-state index is -0.654.